The van der Waals surface area contributed by atoms with Crippen molar-refractivity contribution in [3.8, 4) is 23.0 Å². The van der Waals surface area contributed by atoms with Gasteiger partial charge in [0.2, 0.25) is 0 Å². The molecule has 3 aromatic carbocycles. The van der Waals surface area contributed by atoms with E-state index in [2.05, 4.69) is 10.5 Å². The molecule has 0 radical (unpaired) electrons. The number of amides is 1. The normalized spacial score (nSPS) is 10.7. The van der Waals surface area contributed by atoms with Crippen molar-refractivity contribution in [3.63, 3.8) is 0 Å². The smallest absolute Gasteiger partial charge is 0.271 e. The number of hydrogen-bond donors (Lipinski definition) is 1. The Bertz CT molecular complexity index is 1120. The molecule has 0 atom stereocenters. The topological polar surface area (TPSA) is 78.4 Å². The van der Waals surface area contributed by atoms with Gasteiger partial charge < -0.3 is 18.9 Å². The molecule has 1 amide bonds. The highest BCUT2D eigenvalue weighted by Crippen LogP contribution is 2.30. The van der Waals surface area contributed by atoms with Gasteiger partial charge in [0.05, 0.1) is 26.0 Å². The summed E-state index contributed by atoms with van der Waals surface area (Å²) in [6.45, 7) is 7.84. The summed E-state index contributed by atoms with van der Waals surface area (Å²) in [6.07, 6.45) is 2.47. The number of ether oxygens (including phenoxy) is 4. The van der Waals surface area contributed by atoms with E-state index >= 15 is 0 Å². The summed E-state index contributed by atoms with van der Waals surface area (Å²) in [5.74, 6) is 2.05. The highest BCUT2D eigenvalue weighted by molar-refractivity contribution is 5.95. The van der Waals surface area contributed by atoms with Crippen LogP contribution in [0.1, 0.15) is 48.7 Å². The molecule has 0 fully saturated rings. The van der Waals surface area contributed by atoms with E-state index in [9.17, 15) is 4.79 Å². The standard InChI is InChI=1S/C28H32N2O5/c1-4-16-34-24-14-12-22(17-26(24)32-5-2)19-29-30-28(31)23-13-15-25(27(18-23)33-6-3)35-20-21-10-8-7-9-11-21/h7-15,17-19H,4-6,16,20H2,1-3H3,(H,30,31)/b29-19+. The third kappa shape index (κ3) is 7.78. The monoisotopic (exact) mass is 476 g/mol. The minimum atomic E-state index is -0.357. The fourth-order valence-electron chi connectivity index (χ4n) is 3.21. The number of carbonyl (C=O) groups is 1. The van der Waals surface area contributed by atoms with Crippen LogP contribution >= 0.6 is 0 Å². The molecule has 0 heterocycles. The maximum atomic E-state index is 12.7. The van der Waals surface area contributed by atoms with Gasteiger partial charge in [-0.25, -0.2) is 5.43 Å². The molecule has 3 aromatic rings. The largest absolute Gasteiger partial charge is 0.490 e. The molecule has 7 heteroatoms. The highest BCUT2D eigenvalue weighted by atomic mass is 16.5. The van der Waals surface area contributed by atoms with E-state index in [1.807, 2.05) is 69.3 Å². The second kappa shape index (κ2) is 13.6. The van der Waals surface area contributed by atoms with Crippen molar-refractivity contribution >= 4 is 12.1 Å². The number of hydrogen-bond acceptors (Lipinski definition) is 6. The lowest BCUT2D eigenvalue weighted by atomic mass is 10.2. The molecule has 0 unspecified atom stereocenters. The number of rotatable bonds is 13. The predicted octanol–water partition coefficient (Wildman–Crippen LogP) is 5.62. The molecule has 3 rings (SSSR count). The molecule has 0 aliphatic rings. The quantitative estimate of drug-likeness (QED) is 0.256. The Morgan fingerprint density at radius 1 is 0.800 bits per heavy atom. The molecule has 35 heavy (non-hydrogen) atoms. The Labute approximate surface area is 206 Å². The van der Waals surface area contributed by atoms with Crippen LogP contribution in [0.5, 0.6) is 23.0 Å². The fourth-order valence-corrected chi connectivity index (χ4v) is 3.21. The molecular formula is C28H32N2O5. The average molecular weight is 477 g/mol. The first-order valence-corrected chi connectivity index (χ1v) is 11.8. The third-order valence-corrected chi connectivity index (χ3v) is 4.85. The van der Waals surface area contributed by atoms with Gasteiger partial charge in [0.25, 0.3) is 5.91 Å². The average Bonchev–Trinajstić information content (AvgIpc) is 2.88. The van der Waals surface area contributed by atoms with Gasteiger partial charge in [-0.1, -0.05) is 37.3 Å². The maximum absolute atomic E-state index is 12.7. The van der Waals surface area contributed by atoms with E-state index in [0.717, 1.165) is 17.5 Å². The summed E-state index contributed by atoms with van der Waals surface area (Å²) in [5.41, 5.74) is 4.79. The molecule has 7 nitrogen and oxygen atoms in total. The van der Waals surface area contributed by atoms with E-state index in [0.29, 0.717) is 55.0 Å². The lowest BCUT2D eigenvalue weighted by molar-refractivity contribution is 0.0954. The first-order chi connectivity index (χ1) is 17.1. The van der Waals surface area contributed by atoms with E-state index in [1.165, 1.54) is 0 Å². The van der Waals surface area contributed by atoms with Crippen molar-refractivity contribution in [2.75, 3.05) is 19.8 Å². The Hall–Kier alpha value is -4.00. The van der Waals surface area contributed by atoms with E-state index in [1.54, 1.807) is 24.4 Å². The van der Waals surface area contributed by atoms with Crippen LogP contribution in [0.2, 0.25) is 0 Å². The molecule has 0 bridgehead atoms. The summed E-state index contributed by atoms with van der Waals surface area (Å²) in [7, 11) is 0. The molecule has 0 saturated heterocycles. The van der Waals surface area contributed by atoms with Crippen molar-refractivity contribution in [2.45, 2.75) is 33.8 Å². The zero-order valence-electron chi connectivity index (χ0n) is 20.5. The van der Waals surface area contributed by atoms with Crippen molar-refractivity contribution < 1.29 is 23.7 Å². The van der Waals surface area contributed by atoms with Gasteiger partial charge in [0, 0.05) is 5.56 Å². The van der Waals surface area contributed by atoms with Crippen LogP contribution < -0.4 is 24.4 Å². The van der Waals surface area contributed by atoms with Crippen molar-refractivity contribution in [2.24, 2.45) is 5.10 Å². The highest BCUT2D eigenvalue weighted by Gasteiger charge is 2.12. The van der Waals surface area contributed by atoms with Crippen LogP contribution in [0.15, 0.2) is 71.8 Å². The number of nitrogens with zero attached hydrogens (tertiary/aromatic N) is 1. The second-order valence-electron chi connectivity index (χ2n) is 7.56. The first-order valence-electron chi connectivity index (χ1n) is 11.8. The summed E-state index contributed by atoms with van der Waals surface area (Å²) >= 11 is 0. The van der Waals surface area contributed by atoms with Crippen molar-refractivity contribution in [1.29, 1.82) is 0 Å². The minimum absolute atomic E-state index is 0.357. The van der Waals surface area contributed by atoms with Gasteiger partial charge in [-0.15, -0.1) is 0 Å². The van der Waals surface area contributed by atoms with Crippen LogP contribution in [0.3, 0.4) is 0 Å². The zero-order valence-corrected chi connectivity index (χ0v) is 20.5. The van der Waals surface area contributed by atoms with Crippen molar-refractivity contribution in [3.05, 3.63) is 83.4 Å². The SMILES string of the molecule is CCCOc1ccc(/C=N/NC(=O)c2ccc(OCc3ccccc3)c(OCC)c2)cc1OCC. The van der Waals surface area contributed by atoms with Crippen LogP contribution in [-0.4, -0.2) is 31.9 Å². The number of benzene rings is 3. The van der Waals surface area contributed by atoms with E-state index < -0.39 is 0 Å². The second-order valence-corrected chi connectivity index (χ2v) is 7.56. The molecular weight excluding hydrogens is 444 g/mol. The van der Waals surface area contributed by atoms with Gasteiger partial charge in [-0.3, -0.25) is 4.79 Å². The summed E-state index contributed by atoms with van der Waals surface area (Å²) in [5, 5.41) is 4.09. The lowest BCUT2D eigenvalue weighted by Gasteiger charge is -2.13. The molecule has 184 valence electrons. The van der Waals surface area contributed by atoms with Gasteiger partial charge in [-0.05, 0) is 67.8 Å². The van der Waals surface area contributed by atoms with E-state index in [-0.39, 0.29) is 5.91 Å². The Kier molecular flexibility index (Phi) is 9.99. The van der Waals surface area contributed by atoms with Crippen LogP contribution in [0, 0.1) is 0 Å². The molecule has 0 saturated carbocycles. The maximum Gasteiger partial charge on any atom is 0.271 e. The first kappa shape index (κ1) is 25.6. The fraction of sp³-hybridized carbons (Fsp3) is 0.286. The van der Waals surface area contributed by atoms with E-state index in [4.69, 9.17) is 18.9 Å². The molecule has 0 spiro atoms. The van der Waals surface area contributed by atoms with Gasteiger partial charge >= 0.3 is 0 Å². The van der Waals surface area contributed by atoms with Crippen LogP contribution in [0.4, 0.5) is 0 Å². The van der Waals surface area contributed by atoms with Crippen molar-refractivity contribution in [1.82, 2.24) is 5.43 Å². The number of hydrazone groups is 1. The number of carbonyl (C=O) groups excluding carboxylic acids is 1. The third-order valence-electron chi connectivity index (χ3n) is 4.85. The van der Waals surface area contributed by atoms with Crippen LogP contribution in [-0.2, 0) is 6.61 Å². The Balaban J connectivity index is 1.65. The van der Waals surface area contributed by atoms with Gasteiger partial charge in [0.15, 0.2) is 23.0 Å². The molecule has 0 aromatic heterocycles. The molecule has 1 N–H and O–H groups in total. The summed E-state index contributed by atoms with van der Waals surface area (Å²) < 4.78 is 23.0. The molecule has 0 aliphatic carbocycles. The van der Waals surface area contributed by atoms with Gasteiger partial charge in [-0.2, -0.15) is 5.10 Å². The Morgan fingerprint density at radius 3 is 2.20 bits per heavy atom. The Morgan fingerprint density at radius 2 is 1.49 bits per heavy atom. The summed E-state index contributed by atoms with van der Waals surface area (Å²) in [4.78, 5) is 12.7. The van der Waals surface area contributed by atoms with Gasteiger partial charge in [0.1, 0.15) is 6.61 Å². The number of nitrogens with one attached hydrogen (secondary N) is 1. The lowest BCUT2D eigenvalue weighted by Crippen LogP contribution is -2.17. The molecule has 0 aliphatic heterocycles. The van der Waals surface area contributed by atoms with Crippen LogP contribution in [0.25, 0.3) is 0 Å². The zero-order chi connectivity index (χ0) is 24.9. The summed E-state index contributed by atoms with van der Waals surface area (Å²) in [6, 6.07) is 20.5. The predicted molar refractivity (Wildman–Crippen MR) is 137 cm³/mol. The minimum Gasteiger partial charge on any atom is -0.490 e.